The SMILES string of the molecule is Cc1ccc2c(c1)C(=O)N(CCC(=O)OCCOc1ccc(F)cc1)C2=O. The molecule has 0 saturated carbocycles. The maximum Gasteiger partial charge on any atom is 0.307 e. The summed E-state index contributed by atoms with van der Waals surface area (Å²) in [7, 11) is 0. The van der Waals surface area contributed by atoms with Gasteiger partial charge in [-0.05, 0) is 43.3 Å². The molecule has 0 N–H and O–H groups in total. The lowest BCUT2D eigenvalue weighted by Crippen LogP contribution is -2.32. The Bertz CT molecular complexity index is 878. The molecule has 0 radical (unpaired) electrons. The van der Waals surface area contributed by atoms with E-state index in [2.05, 4.69) is 0 Å². The number of nitrogens with zero attached hydrogens (tertiary/aromatic N) is 1. The van der Waals surface area contributed by atoms with Crippen LogP contribution >= 0.6 is 0 Å². The number of imide groups is 1. The average Bonchev–Trinajstić information content (AvgIpc) is 2.88. The zero-order valence-corrected chi connectivity index (χ0v) is 14.7. The summed E-state index contributed by atoms with van der Waals surface area (Å²) in [6.07, 6.45) is -0.0962. The van der Waals surface area contributed by atoms with E-state index in [1.165, 1.54) is 24.3 Å². The molecule has 2 aromatic carbocycles. The van der Waals surface area contributed by atoms with Gasteiger partial charge in [0, 0.05) is 6.54 Å². The smallest absolute Gasteiger partial charge is 0.307 e. The van der Waals surface area contributed by atoms with Crippen molar-refractivity contribution < 1.29 is 28.2 Å². The van der Waals surface area contributed by atoms with E-state index in [1.54, 1.807) is 18.2 Å². The van der Waals surface area contributed by atoms with Gasteiger partial charge in [0.2, 0.25) is 0 Å². The largest absolute Gasteiger partial charge is 0.490 e. The second kappa shape index (κ2) is 7.99. The van der Waals surface area contributed by atoms with Crippen molar-refractivity contribution in [1.82, 2.24) is 4.90 Å². The molecule has 0 spiro atoms. The number of hydrogen-bond donors (Lipinski definition) is 0. The minimum Gasteiger partial charge on any atom is -0.490 e. The number of carbonyl (C=O) groups excluding carboxylic acids is 3. The third-order valence-corrected chi connectivity index (χ3v) is 4.09. The summed E-state index contributed by atoms with van der Waals surface area (Å²) in [5, 5.41) is 0. The fourth-order valence-electron chi connectivity index (χ4n) is 2.73. The minimum absolute atomic E-state index is 0.0114. The van der Waals surface area contributed by atoms with Crippen molar-refractivity contribution in [2.75, 3.05) is 19.8 Å². The van der Waals surface area contributed by atoms with Gasteiger partial charge in [0.05, 0.1) is 17.5 Å². The van der Waals surface area contributed by atoms with Gasteiger partial charge in [0.1, 0.15) is 24.8 Å². The Hall–Kier alpha value is -3.22. The number of halogens is 1. The molecule has 0 bridgehead atoms. The number of carbonyl (C=O) groups is 3. The molecule has 6 nitrogen and oxygen atoms in total. The van der Waals surface area contributed by atoms with E-state index in [4.69, 9.17) is 9.47 Å². The van der Waals surface area contributed by atoms with Gasteiger partial charge in [-0.1, -0.05) is 11.6 Å². The fraction of sp³-hybridized carbons (Fsp3) is 0.250. The second-order valence-electron chi connectivity index (χ2n) is 6.08. The molecule has 1 heterocycles. The monoisotopic (exact) mass is 371 g/mol. The topological polar surface area (TPSA) is 72.9 Å². The summed E-state index contributed by atoms with van der Waals surface area (Å²) < 4.78 is 23.1. The first-order valence-electron chi connectivity index (χ1n) is 8.46. The molecule has 27 heavy (non-hydrogen) atoms. The Morgan fingerprint density at radius 1 is 1.00 bits per heavy atom. The van der Waals surface area contributed by atoms with E-state index in [9.17, 15) is 18.8 Å². The first-order chi connectivity index (χ1) is 13.0. The third kappa shape index (κ3) is 4.31. The van der Waals surface area contributed by atoms with Crippen LogP contribution in [0.25, 0.3) is 0 Å². The molecular weight excluding hydrogens is 353 g/mol. The van der Waals surface area contributed by atoms with E-state index < -0.39 is 17.8 Å². The molecule has 2 amide bonds. The predicted octanol–water partition coefficient (Wildman–Crippen LogP) is 2.74. The first kappa shape index (κ1) is 18.6. The van der Waals surface area contributed by atoms with Crippen LogP contribution in [0.1, 0.15) is 32.7 Å². The number of hydrogen-bond acceptors (Lipinski definition) is 5. The van der Waals surface area contributed by atoms with Crippen molar-refractivity contribution in [1.29, 1.82) is 0 Å². The number of rotatable bonds is 7. The van der Waals surface area contributed by atoms with Crippen molar-refractivity contribution in [2.45, 2.75) is 13.3 Å². The van der Waals surface area contributed by atoms with Crippen molar-refractivity contribution in [3.05, 3.63) is 65.0 Å². The van der Waals surface area contributed by atoms with Gasteiger partial charge >= 0.3 is 5.97 Å². The number of aryl methyl sites for hydroxylation is 1. The van der Waals surface area contributed by atoms with E-state index in [0.29, 0.717) is 16.9 Å². The summed E-state index contributed by atoms with van der Waals surface area (Å²) in [6.45, 7) is 1.93. The highest BCUT2D eigenvalue weighted by molar-refractivity contribution is 6.21. The van der Waals surface area contributed by atoms with Crippen molar-refractivity contribution in [2.24, 2.45) is 0 Å². The fourth-order valence-corrected chi connectivity index (χ4v) is 2.73. The van der Waals surface area contributed by atoms with Crippen LogP contribution in [0.2, 0.25) is 0 Å². The van der Waals surface area contributed by atoms with Crippen molar-refractivity contribution >= 4 is 17.8 Å². The Labute approximate surface area is 155 Å². The van der Waals surface area contributed by atoms with Gasteiger partial charge in [-0.25, -0.2) is 4.39 Å². The van der Waals surface area contributed by atoms with Gasteiger partial charge in [0.15, 0.2) is 0 Å². The van der Waals surface area contributed by atoms with Crippen LogP contribution in [0.15, 0.2) is 42.5 Å². The standard InChI is InChI=1S/C20H18FNO5/c1-13-2-7-16-17(12-13)20(25)22(19(16)24)9-8-18(23)27-11-10-26-15-5-3-14(21)4-6-15/h2-7,12H,8-11H2,1H3. The van der Waals surface area contributed by atoms with Crippen LogP contribution in [0.3, 0.4) is 0 Å². The molecule has 2 aromatic rings. The molecule has 0 atom stereocenters. The summed E-state index contributed by atoms with van der Waals surface area (Å²) in [6, 6.07) is 10.5. The number of benzene rings is 2. The Kier molecular flexibility index (Phi) is 5.49. The highest BCUT2D eigenvalue weighted by Gasteiger charge is 2.35. The molecule has 0 saturated heterocycles. The van der Waals surface area contributed by atoms with Gasteiger partial charge in [-0.15, -0.1) is 0 Å². The molecule has 140 valence electrons. The quantitative estimate of drug-likeness (QED) is 0.425. The van der Waals surface area contributed by atoms with E-state index >= 15 is 0 Å². The highest BCUT2D eigenvalue weighted by atomic mass is 19.1. The maximum absolute atomic E-state index is 12.8. The Morgan fingerprint density at radius 3 is 2.44 bits per heavy atom. The average molecular weight is 371 g/mol. The summed E-state index contributed by atoms with van der Waals surface area (Å²) in [5.74, 6) is -1.23. The van der Waals surface area contributed by atoms with Gasteiger partial charge in [-0.3, -0.25) is 19.3 Å². The maximum atomic E-state index is 12.8. The lowest BCUT2D eigenvalue weighted by molar-refractivity contribution is -0.144. The summed E-state index contributed by atoms with van der Waals surface area (Å²) >= 11 is 0. The van der Waals surface area contributed by atoms with Crippen LogP contribution in [-0.4, -0.2) is 42.4 Å². The molecule has 3 rings (SSSR count). The van der Waals surface area contributed by atoms with E-state index in [0.717, 1.165) is 10.5 Å². The lowest BCUT2D eigenvalue weighted by Gasteiger charge is -2.13. The zero-order valence-electron chi connectivity index (χ0n) is 14.7. The first-order valence-corrected chi connectivity index (χ1v) is 8.46. The van der Waals surface area contributed by atoms with Gasteiger partial charge in [0.25, 0.3) is 11.8 Å². The highest BCUT2D eigenvalue weighted by Crippen LogP contribution is 2.24. The van der Waals surface area contributed by atoms with Gasteiger partial charge in [-0.2, -0.15) is 0 Å². The summed E-state index contributed by atoms with van der Waals surface area (Å²) in [4.78, 5) is 37.5. The van der Waals surface area contributed by atoms with Crippen LogP contribution in [0.5, 0.6) is 5.75 Å². The molecule has 1 aliphatic heterocycles. The van der Waals surface area contributed by atoms with Crippen LogP contribution < -0.4 is 4.74 Å². The van der Waals surface area contributed by atoms with Gasteiger partial charge < -0.3 is 9.47 Å². The van der Waals surface area contributed by atoms with E-state index in [-0.39, 0.29) is 32.0 Å². The molecule has 0 aliphatic carbocycles. The predicted molar refractivity (Wildman–Crippen MR) is 94.0 cm³/mol. The number of fused-ring (bicyclic) bond motifs is 1. The van der Waals surface area contributed by atoms with Crippen LogP contribution in [0, 0.1) is 12.7 Å². The van der Waals surface area contributed by atoms with Crippen molar-refractivity contribution in [3.63, 3.8) is 0 Å². The number of ether oxygens (including phenoxy) is 2. The normalized spacial score (nSPS) is 12.9. The zero-order chi connectivity index (χ0) is 19.4. The molecule has 1 aliphatic rings. The molecule has 0 fully saturated rings. The number of amides is 2. The second-order valence-corrected chi connectivity index (χ2v) is 6.08. The Morgan fingerprint density at radius 2 is 1.70 bits per heavy atom. The minimum atomic E-state index is -0.537. The lowest BCUT2D eigenvalue weighted by atomic mass is 10.1. The van der Waals surface area contributed by atoms with Crippen molar-refractivity contribution in [3.8, 4) is 5.75 Å². The molecule has 0 aromatic heterocycles. The molecular formula is C20H18FNO5. The van der Waals surface area contributed by atoms with E-state index in [1.807, 2.05) is 6.92 Å². The summed E-state index contributed by atoms with van der Waals surface area (Å²) in [5.41, 5.74) is 1.60. The number of esters is 1. The molecule has 0 unspecified atom stereocenters. The van der Waals surface area contributed by atoms with Crippen LogP contribution in [-0.2, 0) is 9.53 Å². The third-order valence-electron chi connectivity index (χ3n) is 4.09. The Balaban J connectivity index is 1.42. The molecule has 7 heteroatoms. The van der Waals surface area contributed by atoms with Crippen LogP contribution in [0.4, 0.5) is 4.39 Å².